The molecule has 3 heteroatoms. The Bertz CT molecular complexity index is 466. The lowest BCUT2D eigenvalue weighted by atomic mass is 9.88. The van der Waals surface area contributed by atoms with E-state index in [0.29, 0.717) is 24.2 Å². The summed E-state index contributed by atoms with van der Waals surface area (Å²) >= 11 is 0. The first kappa shape index (κ1) is 20.2. The number of hydrogen-bond acceptors (Lipinski definition) is 3. The Morgan fingerprint density at radius 2 is 2.12 bits per heavy atom. The van der Waals surface area contributed by atoms with E-state index in [1.54, 1.807) is 0 Å². The smallest absolute Gasteiger partial charge is 0.305 e. The maximum Gasteiger partial charge on any atom is 0.305 e. The number of hydrogen-bond donors (Lipinski definition) is 1. The molecule has 0 spiro atoms. The lowest BCUT2D eigenvalue weighted by molar-refractivity contribution is -0.140. The molecule has 0 aromatic carbocycles. The van der Waals surface area contributed by atoms with Gasteiger partial charge in [-0.25, -0.2) is 0 Å². The maximum atomic E-state index is 11.2. The number of fused-ring (bicyclic) bond motifs is 1. The van der Waals surface area contributed by atoms with E-state index in [-0.39, 0.29) is 12.1 Å². The third-order valence-electron chi connectivity index (χ3n) is 5.89. The summed E-state index contributed by atoms with van der Waals surface area (Å²) in [5, 5.41) is 10.4. The highest BCUT2D eigenvalue weighted by Crippen LogP contribution is 2.48. The molecule has 2 rings (SSSR count). The van der Waals surface area contributed by atoms with E-state index in [1.165, 1.54) is 38.4 Å². The van der Waals surface area contributed by atoms with Crippen molar-refractivity contribution in [1.82, 2.24) is 0 Å². The molecule has 0 heterocycles. The van der Waals surface area contributed by atoms with Gasteiger partial charge in [-0.15, -0.1) is 0 Å². The highest BCUT2D eigenvalue weighted by molar-refractivity contribution is 5.68. The van der Waals surface area contributed by atoms with E-state index in [4.69, 9.17) is 0 Å². The van der Waals surface area contributed by atoms with Crippen molar-refractivity contribution in [3.05, 3.63) is 23.8 Å². The molecule has 2 aliphatic rings. The van der Waals surface area contributed by atoms with Crippen LogP contribution in [0.1, 0.15) is 77.6 Å². The normalized spacial score (nSPS) is 28.4. The molecular formula is C22H36O3. The van der Waals surface area contributed by atoms with Crippen LogP contribution in [0, 0.1) is 17.8 Å². The van der Waals surface area contributed by atoms with Crippen molar-refractivity contribution in [3.8, 4) is 0 Å². The summed E-state index contributed by atoms with van der Waals surface area (Å²) in [4.78, 5) is 11.2. The van der Waals surface area contributed by atoms with Gasteiger partial charge in [0.15, 0.2) is 0 Å². The number of rotatable bonds is 11. The molecule has 0 amide bonds. The number of allylic oxidation sites excluding steroid dienone is 3. The fourth-order valence-electron chi connectivity index (χ4n) is 4.46. The minimum absolute atomic E-state index is 0.107. The molecule has 1 fully saturated rings. The van der Waals surface area contributed by atoms with Gasteiger partial charge in [0.05, 0.1) is 13.2 Å². The summed E-state index contributed by atoms with van der Waals surface area (Å²) in [5.74, 6) is 1.38. The van der Waals surface area contributed by atoms with Crippen LogP contribution in [0.3, 0.4) is 0 Å². The number of unbranched alkanes of at least 4 members (excludes halogenated alkanes) is 5. The van der Waals surface area contributed by atoms with Gasteiger partial charge in [0.2, 0.25) is 0 Å². The first-order valence-corrected chi connectivity index (χ1v) is 10.3. The van der Waals surface area contributed by atoms with Gasteiger partial charge < -0.3 is 9.84 Å². The average molecular weight is 349 g/mol. The van der Waals surface area contributed by atoms with E-state index >= 15 is 0 Å². The van der Waals surface area contributed by atoms with Crippen LogP contribution in [-0.4, -0.2) is 24.3 Å². The van der Waals surface area contributed by atoms with E-state index in [1.807, 2.05) is 0 Å². The molecule has 25 heavy (non-hydrogen) atoms. The van der Waals surface area contributed by atoms with Crippen LogP contribution in [0.25, 0.3) is 0 Å². The van der Waals surface area contributed by atoms with Crippen molar-refractivity contribution in [2.75, 3.05) is 7.11 Å². The van der Waals surface area contributed by atoms with Crippen LogP contribution < -0.4 is 0 Å². The maximum absolute atomic E-state index is 11.2. The molecule has 0 bridgehead atoms. The zero-order valence-corrected chi connectivity index (χ0v) is 16.1. The van der Waals surface area contributed by atoms with Gasteiger partial charge in [-0.2, -0.15) is 0 Å². The number of methoxy groups -OCH3 is 1. The molecule has 142 valence electrons. The number of aliphatic hydroxyl groups excluding tert-OH is 1. The Kier molecular flexibility index (Phi) is 8.74. The molecule has 4 atom stereocenters. The highest BCUT2D eigenvalue weighted by atomic mass is 16.5. The number of aliphatic hydroxyl groups is 1. The summed E-state index contributed by atoms with van der Waals surface area (Å²) in [7, 11) is 1.45. The monoisotopic (exact) mass is 348 g/mol. The molecule has 0 aromatic heterocycles. The third-order valence-corrected chi connectivity index (χ3v) is 5.89. The van der Waals surface area contributed by atoms with Gasteiger partial charge >= 0.3 is 5.97 Å². The van der Waals surface area contributed by atoms with Gasteiger partial charge in [-0.3, -0.25) is 4.79 Å². The first-order valence-electron chi connectivity index (χ1n) is 10.3. The second-order valence-electron chi connectivity index (χ2n) is 7.80. The van der Waals surface area contributed by atoms with Crippen LogP contribution in [0.15, 0.2) is 23.8 Å². The van der Waals surface area contributed by atoms with E-state index in [2.05, 4.69) is 29.9 Å². The van der Waals surface area contributed by atoms with Crippen molar-refractivity contribution in [2.24, 2.45) is 17.8 Å². The molecule has 0 aromatic rings. The molecule has 0 aliphatic heterocycles. The van der Waals surface area contributed by atoms with Gasteiger partial charge in [-0.05, 0) is 56.8 Å². The number of ether oxygens (including phenoxy) is 1. The Balaban J connectivity index is 1.71. The van der Waals surface area contributed by atoms with Crippen LogP contribution in [0.2, 0.25) is 0 Å². The number of carbonyl (C=O) groups excluding carboxylic acids is 1. The molecule has 0 radical (unpaired) electrons. The van der Waals surface area contributed by atoms with Crippen molar-refractivity contribution >= 4 is 5.97 Å². The first-order chi connectivity index (χ1) is 12.2. The molecule has 3 nitrogen and oxygen atoms in total. The van der Waals surface area contributed by atoms with Crippen molar-refractivity contribution in [2.45, 2.75) is 83.7 Å². The van der Waals surface area contributed by atoms with Crippen LogP contribution in [0.5, 0.6) is 0 Å². The number of esters is 1. The highest BCUT2D eigenvalue weighted by Gasteiger charge is 2.42. The van der Waals surface area contributed by atoms with Gasteiger partial charge in [-0.1, -0.05) is 50.0 Å². The fourth-order valence-corrected chi connectivity index (χ4v) is 4.46. The van der Waals surface area contributed by atoms with Crippen LogP contribution >= 0.6 is 0 Å². The number of carbonyl (C=O) groups is 1. The predicted octanol–water partition coefficient (Wildman–Crippen LogP) is 5.19. The van der Waals surface area contributed by atoms with Crippen molar-refractivity contribution in [1.29, 1.82) is 0 Å². The second-order valence-corrected chi connectivity index (χ2v) is 7.80. The van der Waals surface area contributed by atoms with Gasteiger partial charge in [0.25, 0.3) is 0 Å². The summed E-state index contributed by atoms with van der Waals surface area (Å²) < 4.78 is 4.69. The lowest BCUT2D eigenvalue weighted by Gasteiger charge is -2.18. The quantitative estimate of drug-likeness (QED) is 0.317. The molecule has 0 saturated heterocycles. The second kappa shape index (κ2) is 10.8. The standard InChI is InChI=1S/C22H36O3/c1-3-4-5-6-7-8-12-19-20-15-17(14-18(20)16-21(19)23)11-9-10-13-22(24)25-2/h8,12,14,18-21,23H,3-7,9-11,13,15-16H2,1-2H3/t18-,19+,20-,21+/m0/s1. The summed E-state index contributed by atoms with van der Waals surface area (Å²) in [6, 6.07) is 0. The van der Waals surface area contributed by atoms with Crippen LogP contribution in [0.4, 0.5) is 0 Å². The molecular weight excluding hydrogens is 312 g/mol. The van der Waals surface area contributed by atoms with E-state index in [9.17, 15) is 9.90 Å². The molecule has 1 saturated carbocycles. The molecule has 1 N–H and O–H groups in total. The van der Waals surface area contributed by atoms with Gasteiger partial charge in [0.1, 0.15) is 0 Å². The lowest BCUT2D eigenvalue weighted by Crippen LogP contribution is -2.17. The average Bonchev–Trinajstić information content (AvgIpc) is 3.11. The van der Waals surface area contributed by atoms with E-state index < -0.39 is 0 Å². The minimum atomic E-state index is -0.168. The molecule has 0 unspecified atom stereocenters. The van der Waals surface area contributed by atoms with Crippen molar-refractivity contribution < 1.29 is 14.6 Å². The molecule has 2 aliphatic carbocycles. The summed E-state index contributed by atoms with van der Waals surface area (Å²) in [6.45, 7) is 2.24. The Hall–Kier alpha value is -1.09. The Morgan fingerprint density at radius 3 is 2.88 bits per heavy atom. The van der Waals surface area contributed by atoms with Crippen LogP contribution in [-0.2, 0) is 9.53 Å². The van der Waals surface area contributed by atoms with Crippen molar-refractivity contribution in [3.63, 3.8) is 0 Å². The predicted molar refractivity (Wildman–Crippen MR) is 102 cm³/mol. The topological polar surface area (TPSA) is 46.5 Å². The zero-order chi connectivity index (χ0) is 18.1. The summed E-state index contributed by atoms with van der Waals surface area (Å²) in [5.41, 5.74) is 1.54. The SMILES string of the molecule is CCCCCCC=C[C@@H]1[C@H]2CC(CCCCC(=O)OC)=C[C@H]2C[C@H]1O. The van der Waals surface area contributed by atoms with Gasteiger partial charge in [0, 0.05) is 12.3 Å². The third kappa shape index (κ3) is 6.29. The minimum Gasteiger partial charge on any atom is -0.469 e. The van der Waals surface area contributed by atoms with E-state index in [0.717, 1.165) is 38.5 Å². The largest absolute Gasteiger partial charge is 0.469 e. The summed E-state index contributed by atoms with van der Waals surface area (Å²) in [6.07, 6.45) is 18.8. The Morgan fingerprint density at radius 1 is 1.28 bits per heavy atom. The fraction of sp³-hybridized carbons (Fsp3) is 0.773. The Labute approximate surface area is 153 Å². The zero-order valence-electron chi connectivity index (χ0n) is 16.1.